The highest BCUT2D eigenvalue weighted by Gasteiger charge is 2.69. The van der Waals surface area contributed by atoms with Crippen molar-refractivity contribution in [3.05, 3.63) is 34.6 Å². The zero-order valence-corrected chi connectivity index (χ0v) is 23.1. The molecule has 2 saturated heterocycles. The lowest BCUT2D eigenvalue weighted by atomic mass is 9.53. The third-order valence-electron chi connectivity index (χ3n) is 10.1. The molecule has 0 radical (unpaired) electrons. The second-order valence-corrected chi connectivity index (χ2v) is 12.3. The molecular formula is C30H40N2O7. The number of ether oxygens (including phenoxy) is 2. The molecule has 9 nitrogen and oxygen atoms in total. The lowest BCUT2D eigenvalue weighted by molar-refractivity contribution is -0.153. The average Bonchev–Trinajstić information content (AvgIpc) is 3.66. The van der Waals surface area contributed by atoms with Gasteiger partial charge in [-0.05, 0) is 83.4 Å². The van der Waals surface area contributed by atoms with E-state index in [9.17, 15) is 24.9 Å². The number of phenolic OH excluding ortho intramolecular Hbond substituents is 1. The van der Waals surface area contributed by atoms with E-state index in [2.05, 4.69) is 4.90 Å². The quantitative estimate of drug-likeness (QED) is 0.286. The first kappa shape index (κ1) is 26.4. The smallest absolute Gasteiger partial charge is 0.309 e. The van der Waals surface area contributed by atoms with Crippen LogP contribution in [0.2, 0.25) is 0 Å². The van der Waals surface area contributed by atoms with Gasteiger partial charge in [0.1, 0.15) is 5.76 Å². The van der Waals surface area contributed by atoms with E-state index in [4.69, 9.17) is 9.47 Å². The van der Waals surface area contributed by atoms with Crippen molar-refractivity contribution in [1.29, 1.82) is 0 Å². The van der Waals surface area contributed by atoms with Gasteiger partial charge in [0.2, 0.25) is 0 Å². The fraction of sp³-hybridized carbons (Fsp3) is 0.667. The number of carbonyl (C=O) groups is 2. The van der Waals surface area contributed by atoms with Gasteiger partial charge in [-0.1, -0.05) is 6.07 Å². The Morgan fingerprint density at radius 3 is 2.54 bits per heavy atom. The number of fused-ring (bicyclic) bond motifs is 1. The number of amides is 1. The highest BCUT2D eigenvalue weighted by atomic mass is 16.5. The molecule has 1 aromatic carbocycles. The molecule has 2 bridgehead atoms. The van der Waals surface area contributed by atoms with Crippen LogP contribution in [0.3, 0.4) is 0 Å². The molecular weight excluding hydrogens is 500 g/mol. The summed E-state index contributed by atoms with van der Waals surface area (Å²) in [5, 5.41) is 34.8. The SMILES string of the molecule is CCOC(=O)C1CCN(C(=O)/C(C)=C(\O)[C@@H]2Oc3c(O)ccc4c3[C@@]23CCN(CC2CC2)[C@H](C4)[C@@]3(C)O)CC1. The standard InChI is InChI=1S/C30H40N2O7/c1-4-38-28(36)19-9-12-31(13-10-19)27(35)17(2)24(34)26-30-11-14-32(16-18-5-6-18)22(29(30,3)37)15-20-7-8-21(33)25(39-26)23(20)30/h7-8,18-19,22,26,33-34,37H,4-6,9-16H2,1-3H3/b24-17-/t22-,26+,29-,30+/m1/s1. The van der Waals surface area contributed by atoms with E-state index in [0.29, 0.717) is 57.0 Å². The number of esters is 1. The van der Waals surface area contributed by atoms with Gasteiger partial charge in [-0.2, -0.15) is 0 Å². The van der Waals surface area contributed by atoms with Gasteiger partial charge in [0.15, 0.2) is 17.6 Å². The van der Waals surface area contributed by atoms with Crippen molar-refractivity contribution in [2.75, 3.05) is 32.8 Å². The van der Waals surface area contributed by atoms with Crippen LogP contribution in [-0.2, 0) is 26.2 Å². The monoisotopic (exact) mass is 540 g/mol. The van der Waals surface area contributed by atoms with Gasteiger partial charge in [-0.25, -0.2) is 0 Å². The fourth-order valence-electron chi connectivity index (χ4n) is 7.69. The fourth-order valence-corrected chi connectivity index (χ4v) is 7.69. The van der Waals surface area contributed by atoms with Crippen molar-refractivity contribution >= 4 is 11.9 Å². The van der Waals surface area contributed by atoms with E-state index < -0.39 is 17.1 Å². The summed E-state index contributed by atoms with van der Waals surface area (Å²) in [5.41, 5.74) is -0.313. The lowest BCUT2D eigenvalue weighted by Crippen LogP contribution is -2.73. The molecule has 2 aliphatic carbocycles. The summed E-state index contributed by atoms with van der Waals surface area (Å²) in [6.45, 7) is 8.02. The molecule has 212 valence electrons. The lowest BCUT2D eigenvalue weighted by Gasteiger charge is -2.59. The molecule has 3 N–H and O–H groups in total. The number of aliphatic hydroxyl groups excluding tert-OH is 1. The Hall–Kier alpha value is -2.78. The van der Waals surface area contributed by atoms with Crippen LogP contribution in [0.4, 0.5) is 0 Å². The molecule has 3 heterocycles. The Morgan fingerprint density at radius 2 is 1.87 bits per heavy atom. The van der Waals surface area contributed by atoms with Crippen LogP contribution in [0, 0.1) is 11.8 Å². The molecule has 3 fully saturated rings. The van der Waals surface area contributed by atoms with E-state index in [0.717, 1.165) is 24.2 Å². The molecule has 6 rings (SSSR count). The zero-order chi connectivity index (χ0) is 27.7. The molecule has 5 aliphatic rings. The third-order valence-corrected chi connectivity index (χ3v) is 10.1. The highest BCUT2D eigenvalue weighted by molar-refractivity contribution is 5.93. The molecule has 1 spiro atoms. The Kier molecular flexibility index (Phi) is 6.38. The summed E-state index contributed by atoms with van der Waals surface area (Å²) in [6.07, 6.45) is 3.64. The maximum absolute atomic E-state index is 13.5. The first-order valence-corrected chi connectivity index (χ1v) is 14.4. The predicted molar refractivity (Wildman–Crippen MR) is 142 cm³/mol. The Morgan fingerprint density at radius 1 is 1.15 bits per heavy atom. The average molecular weight is 541 g/mol. The number of carbonyl (C=O) groups excluding carboxylic acids is 2. The number of aliphatic hydroxyl groups is 2. The summed E-state index contributed by atoms with van der Waals surface area (Å²) < 4.78 is 11.5. The van der Waals surface area contributed by atoms with Crippen LogP contribution in [0.5, 0.6) is 11.5 Å². The first-order valence-electron chi connectivity index (χ1n) is 14.4. The topological polar surface area (TPSA) is 120 Å². The summed E-state index contributed by atoms with van der Waals surface area (Å²) in [5.74, 6) is -0.0250. The molecule has 3 aliphatic heterocycles. The number of hydrogen-bond donors (Lipinski definition) is 3. The van der Waals surface area contributed by atoms with E-state index in [-0.39, 0.29) is 40.9 Å². The van der Waals surface area contributed by atoms with Crippen molar-refractivity contribution in [3.63, 3.8) is 0 Å². The van der Waals surface area contributed by atoms with Gasteiger partial charge in [-0.15, -0.1) is 0 Å². The maximum atomic E-state index is 13.5. The van der Waals surface area contributed by atoms with Crippen LogP contribution in [0.25, 0.3) is 0 Å². The van der Waals surface area contributed by atoms with E-state index in [1.54, 1.807) is 24.8 Å². The van der Waals surface area contributed by atoms with E-state index in [1.165, 1.54) is 12.8 Å². The summed E-state index contributed by atoms with van der Waals surface area (Å²) in [6, 6.07) is 3.37. The van der Waals surface area contributed by atoms with Crippen LogP contribution < -0.4 is 4.74 Å². The number of rotatable bonds is 6. The highest BCUT2D eigenvalue weighted by Crippen LogP contribution is 2.63. The van der Waals surface area contributed by atoms with Crippen LogP contribution in [-0.4, -0.2) is 87.5 Å². The third kappa shape index (κ3) is 3.95. The minimum absolute atomic E-state index is 0.0249. The molecule has 4 atom stereocenters. The molecule has 9 heteroatoms. The van der Waals surface area contributed by atoms with Crippen molar-refractivity contribution in [2.45, 2.75) is 82.5 Å². The Bertz CT molecular complexity index is 1210. The minimum atomic E-state index is -1.26. The number of nitrogens with zero attached hydrogens (tertiary/aromatic N) is 2. The Labute approximate surface area is 229 Å². The van der Waals surface area contributed by atoms with Crippen LogP contribution >= 0.6 is 0 Å². The number of phenols is 1. The molecule has 0 unspecified atom stereocenters. The molecule has 1 aromatic rings. The van der Waals surface area contributed by atoms with Crippen molar-refractivity contribution < 1.29 is 34.4 Å². The van der Waals surface area contributed by atoms with E-state index in [1.807, 2.05) is 13.0 Å². The first-order chi connectivity index (χ1) is 18.6. The number of piperidine rings is 2. The molecule has 1 saturated carbocycles. The molecule has 1 amide bonds. The van der Waals surface area contributed by atoms with Gasteiger partial charge in [0, 0.05) is 31.2 Å². The Balaban J connectivity index is 1.32. The molecule has 0 aromatic heterocycles. The zero-order valence-electron chi connectivity index (χ0n) is 23.1. The van der Waals surface area contributed by atoms with Gasteiger partial charge in [-0.3, -0.25) is 14.5 Å². The van der Waals surface area contributed by atoms with Crippen molar-refractivity contribution in [1.82, 2.24) is 9.80 Å². The maximum Gasteiger partial charge on any atom is 0.309 e. The summed E-state index contributed by atoms with van der Waals surface area (Å²) in [4.78, 5) is 29.7. The minimum Gasteiger partial charge on any atom is -0.508 e. The summed E-state index contributed by atoms with van der Waals surface area (Å²) in [7, 11) is 0. The number of benzene rings is 1. The largest absolute Gasteiger partial charge is 0.508 e. The second kappa shape index (κ2) is 9.41. The van der Waals surface area contributed by atoms with Crippen molar-refractivity contribution in [2.24, 2.45) is 11.8 Å². The van der Waals surface area contributed by atoms with Crippen molar-refractivity contribution in [3.8, 4) is 11.5 Å². The van der Waals surface area contributed by atoms with Gasteiger partial charge < -0.3 is 29.7 Å². The number of hydrogen-bond acceptors (Lipinski definition) is 8. The van der Waals surface area contributed by atoms with Crippen LogP contribution in [0.15, 0.2) is 23.5 Å². The van der Waals surface area contributed by atoms with Gasteiger partial charge >= 0.3 is 5.97 Å². The second-order valence-electron chi connectivity index (χ2n) is 12.3. The van der Waals surface area contributed by atoms with Gasteiger partial charge in [0.25, 0.3) is 5.91 Å². The molecule has 39 heavy (non-hydrogen) atoms. The normalized spacial score (nSPS) is 32.8. The van der Waals surface area contributed by atoms with Crippen LogP contribution in [0.1, 0.15) is 64.0 Å². The number of aromatic hydroxyl groups is 1. The van der Waals surface area contributed by atoms with E-state index >= 15 is 0 Å². The number of likely N-dealkylation sites (tertiary alicyclic amines) is 2. The van der Waals surface area contributed by atoms with Gasteiger partial charge in [0.05, 0.1) is 29.1 Å². The predicted octanol–water partition coefficient (Wildman–Crippen LogP) is 2.82. The summed E-state index contributed by atoms with van der Waals surface area (Å²) >= 11 is 0.